The van der Waals surface area contributed by atoms with Crippen molar-refractivity contribution in [1.29, 1.82) is 0 Å². The van der Waals surface area contributed by atoms with E-state index >= 15 is 0 Å². The Kier molecular flexibility index (Phi) is 7.15. The minimum absolute atomic E-state index is 0.00195. The summed E-state index contributed by atoms with van der Waals surface area (Å²) in [5.41, 5.74) is 7.35. The first kappa shape index (κ1) is 21.9. The molecule has 0 aliphatic carbocycles. The van der Waals surface area contributed by atoms with E-state index in [0.29, 0.717) is 53.7 Å². The molecule has 1 unspecified atom stereocenters. The molecule has 3 rings (SSSR count). The lowest BCUT2D eigenvalue weighted by molar-refractivity contribution is 0.202. The van der Waals surface area contributed by atoms with Gasteiger partial charge in [0.25, 0.3) is 0 Å². The van der Waals surface area contributed by atoms with E-state index in [4.69, 9.17) is 17.3 Å². The highest BCUT2D eigenvalue weighted by Gasteiger charge is 2.22. The normalized spacial score (nSPS) is 17.5. The summed E-state index contributed by atoms with van der Waals surface area (Å²) in [6.45, 7) is 3.21. The number of hydrogen-bond donors (Lipinski definition) is 4. The summed E-state index contributed by atoms with van der Waals surface area (Å²) >= 11 is 6.18. The first-order chi connectivity index (χ1) is 14.4. The number of rotatable bonds is 5. The minimum Gasteiger partial charge on any atom is -0.385 e. The zero-order valence-electron chi connectivity index (χ0n) is 17.1. The number of nitrogens with one attached hydrogen (secondary N) is 3. The van der Waals surface area contributed by atoms with Crippen molar-refractivity contribution in [1.82, 2.24) is 25.2 Å². The number of H-pyrrole nitrogens is 1. The van der Waals surface area contributed by atoms with Crippen LogP contribution in [0, 0.1) is 5.82 Å². The summed E-state index contributed by atoms with van der Waals surface area (Å²) in [6.07, 6.45) is 7.59. The van der Waals surface area contributed by atoms with E-state index < -0.39 is 5.82 Å². The third kappa shape index (κ3) is 5.02. The fraction of sp³-hybridized carbons (Fsp3) is 0.450. The zero-order chi connectivity index (χ0) is 21.7. The molecule has 1 saturated heterocycles. The van der Waals surface area contributed by atoms with Gasteiger partial charge in [-0.3, -0.25) is 0 Å². The van der Waals surface area contributed by atoms with Gasteiger partial charge in [0, 0.05) is 48.5 Å². The lowest BCUT2D eigenvalue weighted by Gasteiger charge is -2.20. The second-order valence-electron chi connectivity index (χ2n) is 7.18. The van der Waals surface area contributed by atoms with Crippen LogP contribution in [0.25, 0.3) is 17.5 Å². The second-order valence-corrected chi connectivity index (χ2v) is 7.66. The Morgan fingerprint density at radius 1 is 1.47 bits per heavy atom. The SMILES string of the molecule is CC/C(Cl)=C\c1c(-c2ncc(F)c(NC3CCCN(C(=O)NC)CC3)n2)c[nH]c1N. The van der Waals surface area contributed by atoms with Crippen LogP contribution in [0.1, 0.15) is 38.2 Å². The van der Waals surface area contributed by atoms with Gasteiger partial charge in [0.1, 0.15) is 5.82 Å². The Bertz CT molecular complexity index is 930. The van der Waals surface area contributed by atoms with Crippen LogP contribution in [0.4, 0.5) is 20.8 Å². The van der Waals surface area contributed by atoms with Crippen molar-refractivity contribution in [3.05, 3.63) is 28.8 Å². The van der Waals surface area contributed by atoms with Crippen LogP contribution in [0.5, 0.6) is 0 Å². The number of allylic oxidation sites excluding steroid dienone is 1. The van der Waals surface area contributed by atoms with E-state index in [0.717, 1.165) is 19.0 Å². The van der Waals surface area contributed by atoms with Crippen molar-refractivity contribution < 1.29 is 9.18 Å². The summed E-state index contributed by atoms with van der Waals surface area (Å²) in [5.74, 6) is 0.393. The van der Waals surface area contributed by atoms with Gasteiger partial charge in [-0.15, -0.1) is 0 Å². The van der Waals surface area contributed by atoms with Crippen molar-refractivity contribution in [2.45, 2.75) is 38.6 Å². The van der Waals surface area contributed by atoms with Crippen LogP contribution < -0.4 is 16.4 Å². The number of nitrogens with two attached hydrogens (primary N) is 1. The van der Waals surface area contributed by atoms with E-state index in [9.17, 15) is 9.18 Å². The molecule has 1 fully saturated rings. The summed E-state index contributed by atoms with van der Waals surface area (Å²) < 4.78 is 14.4. The number of halogens is 2. The number of urea groups is 1. The smallest absolute Gasteiger partial charge is 0.317 e. The molecule has 0 spiro atoms. The van der Waals surface area contributed by atoms with Gasteiger partial charge in [0.15, 0.2) is 17.5 Å². The summed E-state index contributed by atoms with van der Waals surface area (Å²) in [4.78, 5) is 25.1. The Morgan fingerprint density at radius 3 is 3.00 bits per heavy atom. The van der Waals surface area contributed by atoms with Gasteiger partial charge < -0.3 is 26.3 Å². The molecule has 2 amide bonds. The molecule has 0 saturated carbocycles. The van der Waals surface area contributed by atoms with E-state index in [1.54, 1.807) is 24.2 Å². The predicted octanol–water partition coefficient (Wildman–Crippen LogP) is 3.79. The van der Waals surface area contributed by atoms with Gasteiger partial charge in [0.2, 0.25) is 0 Å². The quantitative estimate of drug-likeness (QED) is 0.570. The molecule has 0 radical (unpaired) electrons. The fourth-order valence-electron chi connectivity index (χ4n) is 3.44. The zero-order valence-corrected chi connectivity index (χ0v) is 17.9. The molecule has 1 atom stereocenters. The molecule has 30 heavy (non-hydrogen) atoms. The number of amides is 2. The Hall–Kier alpha value is -2.81. The average Bonchev–Trinajstić information content (AvgIpc) is 2.95. The molecule has 2 aromatic rings. The number of carbonyl (C=O) groups excluding carboxylic acids is 1. The number of aromatic nitrogens is 3. The third-order valence-electron chi connectivity index (χ3n) is 5.15. The van der Waals surface area contributed by atoms with E-state index in [-0.39, 0.29) is 17.9 Å². The Labute approximate surface area is 180 Å². The van der Waals surface area contributed by atoms with E-state index in [1.165, 1.54) is 0 Å². The Balaban J connectivity index is 1.81. The number of carbonyl (C=O) groups is 1. The lowest BCUT2D eigenvalue weighted by atomic mass is 10.1. The van der Waals surface area contributed by atoms with Gasteiger partial charge in [0.05, 0.1) is 6.20 Å². The highest BCUT2D eigenvalue weighted by Crippen LogP contribution is 2.30. The lowest BCUT2D eigenvalue weighted by Crippen LogP contribution is -2.39. The molecule has 10 heteroatoms. The van der Waals surface area contributed by atoms with Crippen molar-refractivity contribution >= 4 is 35.3 Å². The fourth-order valence-corrected chi connectivity index (χ4v) is 3.55. The number of nitrogens with zero attached hydrogens (tertiary/aromatic N) is 3. The van der Waals surface area contributed by atoms with Crippen molar-refractivity contribution in [2.75, 3.05) is 31.2 Å². The molecule has 2 aromatic heterocycles. The second kappa shape index (κ2) is 9.80. The molecule has 5 N–H and O–H groups in total. The molecule has 0 bridgehead atoms. The molecule has 1 aliphatic heterocycles. The van der Waals surface area contributed by atoms with Crippen LogP contribution >= 0.6 is 11.6 Å². The van der Waals surface area contributed by atoms with Gasteiger partial charge in [-0.1, -0.05) is 18.5 Å². The van der Waals surface area contributed by atoms with Crippen LogP contribution in [0.15, 0.2) is 17.4 Å². The summed E-state index contributed by atoms with van der Waals surface area (Å²) in [5, 5.41) is 6.47. The standard InChI is InChI=1S/C20H27ClFN7O/c1-3-12(21)9-14-15(10-25-17(14)23)18-26-11-16(22)19(28-18)27-13-5-4-7-29(8-6-13)20(30)24-2/h9-11,13,25H,3-8,23H2,1-2H3,(H,24,30)(H,26,27,28)/b12-9+. The third-order valence-corrected chi connectivity index (χ3v) is 5.52. The van der Waals surface area contributed by atoms with Crippen molar-refractivity contribution in [2.24, 2.45) is 0 Å². The monoisotopic (exact) mass is 435 g/mol. The molecular formula is C20H27ClFN7O. The summed E-state index contributed by atoms with van der Waals surface area (Å²) in [6, 6.07) is -0.0929. The maximum absolute atomic E-state index is 14.4. The van der Waals surface area contributed by atoms with Gasteiger partial charge in [-0.25, -0.2) is 19.2 Å². The maximum Gasteiger partial charge on any atom is 0.317 e. The number of nitrogen functional groups attached to an aromatic ring is 1. The Morgan fingerprint density at radius 2 is 2.27 bits per heavy atom. The minimum atomic E-state index is -0.529. The highest BCUT2D eigenvalue weighted by atomic mass is 35.5. The predicted molar refractivity (Wildman–Crippen MR) is 118 cm³/mol. The van der Waals surface area contributed by atoms with Gasteiger partial charge in [-0.2, -0.15) is 0 Å². The van der Waals surface area contributed by atoms with Gasteiger partial charge >= 0.3 is 6.03 Å². The van der Waals surface area contributed by atoms with Crippen molar-refractivity contribution in [3.8, 4) is 11.4 Å². The highest BCUT2D eigenvalue weighted by molar-refractivity contribution is 6.31. The number of hydrogen-bond acceptors (Lipinski definition) is 5. The maximum atomic E-state index is 14.4. The van der Waals surface area contributed by atoms with Gasteiger partial charge in [-0.05, 0) is 31.8 Å². The topological polar surface area (TPSA) is 112 Å². The van der Waals surface area contributed by atoms with E-state index in [1.807, 2.05) is 6.92 Å². The van der Waals surface area contributed by atoms with Crippen LogP contribution in [0.2, 0.25) is 0 Å². The molecule has 8 nitrogen and oxygen atoms in total. The average molecular weight is 436 g/mol. The van der Waals surface area contributed by atoms with E-state index in [2.05, 4.69) is 25.6 Å². The molecule has 0 aromatic carbocycles. The number of anilines is 2. The largest absolute Gasteiger partial charge is 0.385 e. The molecule has 3 heterocycles. The van der Waals surface area contributed by atoms with Crippen LogP contribution in [-0.4, -0.2) is 52.1 Å². The summed E-state index contributed by atoms with van der Waals surface area (Å²) in [7, 11) is 1.62. The molecule has 1 aliphatic rings. The number of aromatic amines is 1. The van der Waals surface area contributed by atoms with Crippen LogP contribution in [0.3, 0.4) is 0 Å². The van der Waals surface area contributed by atoms with Crippen LogP contribution in [-0.2, 0) is 0 Å². The molecular weight excluding hydrogens is 409 g/mol. The molecule has 162 valence electrons. The number of likely N-dealkylation sites (tertiary alicyclic amines) is 1. The van der Waals surface area contributed by atoms with Crippen molar-refractivity contribution in [3.63, 3.8) is 0 Å². The first-order valence-corrected chi connectivity index (χ1v) is 10.4. The first-order valence-electron chi connectivity index (χ1n) is 10.0.